The van der Waals surface area contributed by atoms with Crippen LogP contribution in [0.4, 0.5) is 4.39 Å². The Balaban J connectivity index is 1.63. The van der Waals surface area contributed by atoms with Crippen molar-refractivity contribution in [3.05, 3.63) is 77.3 Å². The average Bonchev–Trinajstić information content (AvgIpc) is 3.12. The predicted octanol–water partition coefficient (Wildman–Crippen LogP) is 3.49. The van der Waals surface area contributed by atoms with E-state index in [9.17, 15) is 4.39 Å². The molecule has 0 saturated heterocycles. The molecular weight excluding hydrogens is 331 g/mol. The molecule has 0 amide bonds. The lowest BCUT2D eigenvalue weighted by Crippen LogP contribution is -2.35. The summed E-state index contributed by atoms with van der Waals surface area (Å²) in [6, 6.07) is 10.6. The van der Waals surface area contributed by atoms with Crippen LogP contribution in [0.25, 0.3) is 0 Å². The van der Waals surface area contributed by atoms with Gasteiger partial charge in [-0.2, -0.15) is 0 Å². The van der Waals surface area contributed by atoms with Gasteiger partial charge in [-0.25, -0.2) is 14.4 Å². The quantitative estimate of drug-likeness (QED) is 0.764. The van der Waals surface area contributed by atoms with Gasteiger partial charge in [0.25, 0.3) is 0 Å². The van der Waals surface area contributed by atoms with Crippen LogP contribution in [0, 0.1) is 5.82 Å². The Morgan fingerprint density at radius 3 is 2.96 bits per heavy atom. The van der Waals surface area contributed by atoms with Crippen LogP contribution in [0.3, 0.4) is 0 Å². The molecule has 0 aliphatic carbocycles. The van der Waals surface area contributed by atoms with E-state index in [0.29, 0.717) is 19.0 Å². The predicted molar refractivity (Wildman–Crippen MR) is 96.4 cm³/mol. The number of pyridine rings is 1. The number of rotatable bonds is 5. The molecule has 1 N–H and O–H groups in total. The lowest BCUT2D eigenvalue weighted by atomic mass is 9.95. The number of nitrogens with zero attached hydrogens (tertiary/aromatic N) is 3. The van der Waals surface area contributed by atoms with Crippen molar-refractivity contribution in [3.63, 3.8) is 0 Å². The summed E-state index contributed by atoms with van der Waals surface area (Å²) in [6.07, 6.45) is 4.46. The van der Waals surface area contributed by atoms with Crippen LogP contribution in [0.1, 0.15) is 35.5 Å². The van der Waals surface area contributed by atoms with E-state index in [4.69, 9.17) is 4.74 Å². The van der Waals surface area contributed by atoms with Gasteiger partial charge in [0.15, 0.2) is 0 Å². The maximum Gasteiger partial charge on any atom is 0.213 e. The highest BCUT2D eigenvalue weighted by atomic mass is 19.1. The molecule has 2 aromatic heterocycles. The van der Waals surface area contributed by atoms with E-state index in [1.165, 1.54) is 6.07 Å². The molecule has 0 bridgehead atoms. The van der Waals surface area contributed by atoms with Crippen LogP contribution in [0.2, 0.25) is 0 Å². The summed E-state index contributed by atoms with van der Waals surface area (Å²) >= 11 is 0. The van der Waals surface area contributed by atoms with Crippen LogP contribution in [0.5, 0.6) is 5.88 Å². The third-order valence-electron chi connectivity index (χ3n) is 4.66. The molecule has 0 fully saturated rings. The first-order valence-corrected chi connectivity index (χ1v) is 8.84. The van der Waals surface area contributed by atoms with Gasteiger partial charge >= 0.3 is 0 Å². The molecule has 1 aliphatic rings. The zero-order valence-electron chi connectivity index (χ0n) is 14.7. The van der Waals surface area contributed by atoms with E-state index in [-0.39, 0.29) is 11.9 Å². The molecule has 3 aromatic rings. The van der Waals surface area contributed by atoms with Gasteiger partial charge in [-0.1, -0.05) is 18.2 Å². The van der Waals surface area contributed by atoms with Crippen LogP contribution in [0.15, 0.2) is 48.9 Å². The summed E-state index contributed by atoms with van der Waals surface area (Å²) in [5.74, 6) is 0.402. The zero-order chi connectivity index (χ0) is 17.9. The molecule has 6 heteroatoms. The summed E-state index contributed by atoms with van der Waals surface area (Å²) in [5.41, 5.74) is 4.10. The van der Waals surface area contributed by atoms with Gasteiger partial charge in [0, 0.05) is 37.5 Å². The van der Waals surface area contributed by atoms with E-state index >= 15 is 0 Å². The number of ether oxygens (including phenoxy) is 1. The Morgan fingerprint density at radius 2 is 2.19 bits per heavy atom. The number of benzene rings is 1. The molecule has 3 heterocycles. The lowest BCUT2D eigenvalue weighted by molar-refractivity contribution is 0.199. The van der Waals surface area contributed by atoms with Crippen molar-refractivity contribution < 1.29 is 9.13 Å². The first kappa shape index (κ1) is 16.7. The second kappa shape index (κ2) is 7.25. The molecule has 0 saturated carbocycles. The summed E-state index contributed by atoms with van der Waals surface area (Å²) in [6.45, 7) is 4.12. The topological polar surface area (TPSA) is 54.0 Å². The van der Waals surface area contributed by atoms with Crippen molar-refractivity contribution in [3.8, 4) is 5.88 Å². The highest BCUT2D eigenvalue weighted by Crippen LogP contribution is 2.34. The monoisotopic (exact) mass is 352 g/mol. The Bertz CT molecular complexity index is 878. The van der Waals surface area contributed by atoms with Gasteiger partial charge in [0.1, 0.15) is 5.82 Å². The van der Waals surface area contributed by atoms with Crippen molar-refractivity contribution in [2.45, 2.75) is 25.9 Å². The number of fused-ring (bicyclic) bond motifs is 1. The van der Waals surface area contributed by atoms with E-state index in [2.05, 4.69) is 19.9 Å². The number of aromatic nitrogens is 3. The van der Waals surface area contributed by atoms with E-state index in [0.717, 1.165) is 35.5 Å². The maximum absolute atomic E-state index is 13.8. The SMILES string of the molecule is CCOc1ccc(CN2CCc3[nH]cnc3[C@H]2c2cccc(F)c2)cn1. The highest BCUT2D eigenvalue weighted by Gasteiger charge is 2.31. The number of halogens is 1. The third-order valence-corrected chi connectivity index (χ3v) is 4.66. The molecule has 1 atom stereocenters. The van der Waals surface area contributed by atoms with Crippen molar-refractivity contribution >= 4 is 0 Å². The van der Waals surface area contributed by atoms with E-state index in [1.54, 1.807) is 18.5 Å². The minimum atomic E-state index is -0.229. The fourth-order valence-electron chi connectivity index (χ4n) is 3.51. The van der Waals surface area contributed by atoms with Crippen molar-refractivity contribution in [1.82, 2.24) is 19.9 Å². The van der Waals surface area contributed by atoms with Gasteiger partial charge in [0.05, 0.1) is 24.7 Å². The van der Waals surface area contributed by atoms with Crippen molar-refractivity contribution in [2.24, 2.45) is 0 Å². The van der Waals surface area contributed by atoms with Crippen LogP contribution in [-0.2, 0) is 13.0 Å². The van der Waals surface area contributed by atoms with Crippen molar-refractivity contribution in [2.75, 3.05) is 13.2 Å². The Kier molecular flexibility index (Phi) is 4.67. The molecule has 4 rings (SSSR count). The zero-order valence-corrected chi connectivity index (χ0v) is 14.7. The number of H-pyrrole nitrogens is 1. The van der Waals surface area contributed by atoms with Gasteiger partial charge in [-0.3, -0.25) is 4.90 Å². The largest absolute Gasteiger partial charge is 0.478 e. The Labute approximate surface area is 151 Å². The second-order valence-electron chi connectivity index (χ2n) is 6.38. The van der Waals surface area contributed by atoms with Gasteiger partial charge in [-0.15, -0.1) is 0 Å². The van der Waals surface area contributed by atoms with Gasteiger partial charge in [-0.05, 0) is 30.2 Å². The first-order chi connectivity index (χ1) is 12.7. The fourth-order valence-corrected chi connectivity index (χ4v) is 3.51. The minimum Gasteiger partial charge on any atom is -0.478 e. The summed E-state index contributed by atoms with van der Waals surface area (Å²) in [7, 11) is 0. The highest BCUT2D eigenvalue weighted by molar-refractivity contribution is 5.33. The Hall–Kier alpha value is -2.73. The van der Waals surface area contributed by atoms with Crippen LogP contribution >= 0.6 is 0 Å². The third kappa shape index (κ3) is 3.32. The number of aromatic amines is 1. The second-order valence-corrected chi connectivity index (χ2v) is 6.38. The maximum atomic E-state index is 13.8. The van der Waals surface area contributed by atoms with E-state index < -0.39 is 0 Å². The van der Waals surface area contributed by atoms with Crippen LogP contribution in [-0.4, -0.2) is 33.0 Å². The lowest BCUT2D eigenvalue weighted by Gasteiger charge is -2.35. The molecule has 0 spiro atoms. The Morgan fingerprint density at radius 1 is 1.27 bits per heavy atom. The molecule has 134 valence electrons. The molecule has 0 unspecified atom stereocenters. The molecule has 5 nitrogen and oxygen atoms in total. The number of hydrogen-bond acceptors (Lipinski definition) is 4. The first-order valence-electron chi connectivity index (χ1n) is 8.84. The normalized spacial score (nSPS) is 17.1. The molecule has 26 heavy (non-hydrogen) atoms. The molecule has 1 aromatic carbocycles. The molecule has 1 aliphatic heterocycles. The average molecular weight is 352 g/mol. The number of imidazole rings is 1. The number of nitrogens with one attached hydrogen (secondary N) is 1. The fraction of sp³-hybridized carbons (Fsp3) is 0.300. The summed E-state index contributed by atoms with van der Waals surface area (Å²) in [5, 5.41) is 0. The number of hydrogen-bond donors (Lipinski definition) is 1. The summed E-state index contributed by atoms with van der Waals surface area (Å²) in [4.78, 5) is 14.4. The molecule has 0 radical (unpaired) electrons. The minimum absolute atomic E-state index is 0.0766. The van der Waals surface area contributed by atoms with Crippen LogP contribution < -0.4 is 4.74 Å². The molecular formula is C20H21FN4O. The van der Waals surface area contributed by atoms with Crippen molar-refractivity contribution in [1.29, 1.82) is 0 Å². The smallest absolute Gasteiger partial charge is 0.213 e. The van der Waals surface area contributed by atoms with E-state index in [1.807, 2.05) is 31.3 Å². The summed E-state index contributed by atoms with van der Waals surface area (Å²) < 4.78 is 19.2. The van der Waals surface area contributed by atoms with Gasteiger partial charge < -0.3 is 9.72 Å². The standard InChI is InChI=1S/C20H21FN4O/c1-2-26-18-7-6-14(11-22-18)12-25-9-8-17-19(24-13-23-17)20(25)15-4-3-5-16(21)10-15/h3-7,10-11,13,20H,2,8-9,12H2,1H3,(H,23,24)/t20-/m1/s1. The van der Waals surface area contributed by atoms with Gasteiger partial charge in [0.2, 0.25) is 5.88 Å².